The summed E-state index contributed by atoms with van der Waals surface area (Å²) in [6, 6.07) is 11.6. The van der Waals surface area contributed by atoms with Crippen LogP contribution in [0.5, 0.6) is 0 Å². The average Bonchev–Trinajstić information content (AvgIpc) is 2.83. The van der Waals surface area contributed by atoms with E-state index < -0.39 is 0 Å². The zero-order valence-electron chi connectivity index (χ0n) is 19.3. The first kappa shape index (κ1) is 23.7. The highest BCUT2D eigenvalue weighted by Crippen LogP contribution is 2.33. The summed E-state index contributed by atoms with van der Waals surface area (Å²) in [6.07, 6.45) is 9.22. The number of carbonyl (C=O) groups excluding carboxylic acids is 1. The van der Waals surface area contributed by atoms with Gasteiger partial charge in [0.1, 0.15) is 5.82 Å². The van der Waals surface area contributed by atoms with Crippen molar-refractivity contribution < 1.29 is 4.79 Å². The predicted octanol–water partition coefficient (Wildman–Crippen LogP) is 5.38. The Balaban J connectivity index is 1.54. The summed E-state index contributed by atoms with van der Waals surface area (Å²) in [5, 5.41) is 5.38. The fourth-order valence-electron chi connectivity index (χ4n) is 4.11. The van der Waals surface area contributed by atoms with Gasteiger partial charge in [-0.2, -0.15) is 0 Å². The molecule has 1 aromatic carbocycles. The molecule has 34 heavy (non-hydrogen) atoms. The number of nitrogens with two attached hydrogens (primary N) is 1. The zero-order chi connectivity index (χ0) is 24.1. The molecule has 1 aliphatic heterocycles. The van der Waals surface area contributed by atoms with Crippen LogP contribution in [0.3, 0.4) is 0 Å². The third-order valence-corrected chi connectivity index (χ3v) is 6.79. The topological polar surface area (TPSA) is 84.1 Å². The molecule has 2 aromatic heterocycles. The number of hydrogen-bond acceptors (Lipinski definition) is 6. The van der Waals surface area contributed by atoms with Crippen molar-refractivity contribution in [1.82, 2.24) is 14.9 Å². The first-order valence-electron chi connectivity index (χ1n) is 11.2. The van der Waals surface area contributed by atoms with Crippen molar-refractivity contribution in [3.8, 4) is 0 Å². The van der Waals surface area contributed by atoms with Gasteiger partial charge in [-0.15, -0.1) is 0 Å². The van der Waals surface area contributed by atoms with Gasteiger partial charge in [-0.3, -0.25) is 9.78 Å². The van der Waals surface area contributed by atoms with Gasteiger partial charge in [0.25, 0.3) is 5.91 Å². The van der Waals surface area contributed by atoms with Crippen molar-refractivity contribution in [2.24, 2.45) is 5.73 Å². The maximum atomic E-state index is 13.0. The van der Waals surface area contributed by atoms with Gasteiger partial charge in [-0.25, -0.2) is 4.98 Å². The monoisotopic (exact) mass is 471 g/mol. The van der Waals surface area contributed by atoms with Crippen LogP contribution in [-0.4, -0.2) is 40.9 Å². The minimum absolute atomic E-state index is 0.193. The van der Waals surface area contributed by atoms with Crippen molar-refractivity contribution in [2.75, 3.05) is 25.5 Å². The maximum absolute atomic E-state index is 13.0. The zero-order valence-corrected chi connectivity index (χ0v) is 20.1. The number of fused-ring (bicyclic) bond motifs is 1. The molecule has 4 rings (SSSR count). The summed E-state index contributed by atoms with van der Waals surface area (Å²) in [4.78, 5) is 25.2. The largest absolute Gasteiger partial charge is 0.394 e. The van der Waals surface area contributed by atoms with E-state index in [-0.39, 0.29) is 5.91 Å². The Hall–Kier alpha value is -3.42. The van der Waals surface area contributed by atoms with Crippen LogP contribution >= 0.6 is 11.8 Å². The Labute approximate surface area is 204 Å². The van der Waals surface area contributed by atoms with Crippen molar-refractivity contribution in [3.05, 3.63) is 96.0 Å². The minimum Gasteiger partial charge on any atom is -0.394 e. The lowest BCUT2D eigenvalue weighted by atomic mass is 9.92. The molecule has 3 heterocycles. The Bertz CT molecular complexity index is 1260. The van der Waals surface area contributed by atoms with Gasteiger partial charge in [0.15, 0.2) is 0 Å². The summed E-state index contributed by atoms with van der Waals surface area (Å²) in [5.41, 5.74) is 8.37. The van der Waals surface area contributed by atoms with E-state index in [0.29, 0.717) is 22.3 Å². The number of anilines is 1. The molecule has 0 aliphatic carbocycles. The number of benzene rings is 1. The highest BCUT2D eigenvalue weighted by molar-refractivity contribution is 8.11. The molecule has 1 amide bonds. The number of nitrogens with zero attached hydrogens (tertiary/aromatic N) is 3. The van der Waals surface area contributed by atoms with Crippen LogP contribution < -0.4 is 11.1 Å². The molecule has 174 valence electrons. The lowest BCUT2D eigenvalue weighted by Crippen LogP contribution is -2.29. The third kappa shape index (κ3) is 5.73. The highest BCUT2D eigenvalue weighted by atomic mass is 32.2. The molecule has 1 aliphatic rings. The second-order valence-electron chi connectivity index (χ2n) is 8.47. The van der Waals surface area contributed by atoms with Crippen LogP contribution in [0.15, 0.2) is 79.1 Å². The van der Waals surface area contributed by atoms with E-state index in [0.717, 1.165) is 52.9 Å². The second kappa shape index (κ2) is 10.7. The number of aromatic nitrogens is 2. The smallest absolute Gasteiger partial charge is 0.256 e. The molecule has 6 nitrogen and oxygen atoms in total. The number of thioether (sulfide) groups is 1. The number of nitrogens with one attached hydrogen (secondary N) is 1. The number of likely N-dealkylation sites (tertiary alicyclic amines) is 1. The normalized spacial score (nSPS) is 15.3. The molecular formula is C27H29N5OS. The molecule has 3 aromatic rings. The number of rotatable bonds is 7. The lowest BCUT2D eigenvalue weighted by Gasteiger charge is -2.28. The molecule has 0 bridgehead atoms. The van der Waals surface area contributed by atoms with Gasteiger partial charge in [0.2, 0.25) is 0 Å². The van der Waals surface area contributed by atoms with Crippen LogP contribution in [0.4, 0.5) is 5.82 Å². The van der Waals surface area contributed by atoms with E-state index in [1.807, 2.05) is 36.4 Å². The Morgan fingerprint density at radius 1 is 1.15 bits per heavy atom. The van der Waals surface area contributed by atoms with Crippen LogP contribution in [0.2, 0.25) is 0 Å². The fourth-order valence-corrected chi connectivity index (χ4v) is 4.80. The van der Waals surface area contributed by atoms with Crippen molar-refractivity contribution in [3.63, 3.8) is 0 Å². The van der Waals surface area contributed by atoms with Gasteiger partial charge in [0.05, 0.1) is 5.03 Å². The number of amides is 1. The Morgan fingerprint density at radius 2 is 1.94 bits per heavy atom. The molecule has 0 spiro atoms. The van der Waals surface area contributed by atoms with E-state index in [1.165, 1.54) is 11.8 Å². The molecule has 3 N–H and O–H groups in total. The highest BCUT2D eigenvalue weighted by Gasteiger charge is 2.20. The summed E-state index contributed by atoms with van der Waals surface area (Å²) in [5.74, 6) is 0.695. The molecular weight excluding hydrogens is 442 g/mol. The van der Waals surface area contributed by atoms with Crippen LogP contribution in [0.1, 0.15) is 40.4 Å². The third-order valence-electron chi connectivity index (χ3n) is 5.94. The van der Waals surface area contributed by atoms with Crippen LogP contribution in [0.25, 0.3) is 15.7 Å². The lowest BCUT2D eigenvalue weighted by molar-refractivity contribution is 0.102. The van der Waals surface area contributed by atoms with Gasteiger partial charge >= 0.3 is 0 Å². The van der Waals surface area contributed by atoms with Gasteiger partial charge < -0.3 is 16.0 Å². The van der Waals surface area contributed by atoms with Gasteiger partial charge in [0, 0.05) is 39.9 Å². The van der Waals surface area contributed by atoms with Crippen molar-refractivity contribution in [1.29, 1.82) is 0 Å². The van der Waals surface area contributed by atoms with Gasteiger partial charge in [-0.1, -0.05) is 43.1 Å². The SMILES string of the molecule is C=C/C=C(\SC(=C)N)c1ccc2cnc(NC(=O)c3ccnc(C4CCN(C)CC4)c3)cc2c1. The van der Waals surface area contributed by atoms with Crippen LogP contribution in [-0.2, 0) is 0 Å². The van der Waals surface area contributed by atoms with E-state index >= 15 is 0 Å². The molecule has 0 atom stereocenters. The van der Waals surface area contributed by atoms with Gasteiger partial charge in [-0.05, 0) is 74.3 Å². The molecule has 0 saturated carbocycles. The number of allylic oxidation sites excluding steroid dienone is 2. The number of pyridine rings is 2. The number of piperidine rings is 1. The molecule has 0 unspecified atom stereocenters. The van der Waals surface area contributed by atoms with E-state index in [9.17, 15) is 4.79 Å². The first-order valence-corrected chi connectivity index (χ1v) is 12.1. The fraction of sp³-hybridized carbons (Fsp3) is 0.222. The van der Waals surface area contributed by atoms with E-state index in [4.69, 9.17) is 5.73 Å². The molecule has 0 radical (unpaired) electrons. The first-order chi connectivity index (χ1) is 16.4. The summed E-state index contributed by atoms with van der Waals surface area (Å²) < 4.78 is 0. The summed E-state index contributed by atoms with van der Waals surface area (Å²) >= 11 is 1.39. The average molecular weight is 472 g/mol. The quantitative estimate of drug-likeness (QED) is 0.450. The molecule has 7 heteroatoms. The maximum Gasteiger partial charge on any atom is 0.256 e. The molecule has 1 saturated heterocycles. The van der Waals surface area contributed by atoms with Crippen molar-refractivity contribution in [2.45, 2.75) is 18.8 Å². The van der Waals surface area contributed by atoms with E-state index in [1.54, 1.807) is 24.5 Å². The predicted molar refractivity (Wildman–Crippen MR) is 142 cm³/mol. The minimum atomic E-state index is -0.193. The standard InChI is InChI=1S/C27H29N5OS/c1-4-5-25(34-18(2)28)20-6-7-22-17-30-26(16-23(22)14-20)31-27(33)21-8-11-29-24(15-21)19-9-12-32(3)13-10-19/h4-8,11,14-17,19H,1-2,9-10,12-13,28H2,3H3,(H,30,31,33)/b25-5-. The Morgan fingerprint density at radius 3 is 2.68 bits per heavy atom. The number of carbonyl (C=O) groups is 1. The summed E-state index contributed by atoms with van der Waals surface area (Å²) in [6.45, 7) is 9.67. The summed E-state index contributed by atoms with van der Waals surface area (Å²) in [7, 11) is 2.14. The second-order valence-corrected chi connectivity index (χ2v) is 9.64. The van der Waals surface area contributed by atoms with Crippen molar-refractivity contribution >= 4 is 39.2 Å². The number of hydrogen-bond donors (Lipinski definition) is 2. The molecule has 1 fully saturated rings. The van der Waals surface area contributed by atoms with Crippen LogP contribution in [0, 0.1) is 0 Å². The Kier molecular flexibility index (Phi) is 7.45. The van der Waals surface area contributed by atoms with E-state index in [2.05, 4.69) is 40.4 Å².